The van der Waals surface area contributed by atoms with E-state index in [0.29, 0.717) is 16.5 Å². The predicted octanol–water partition coefficient (Wildman–Crippen LogP) is 2.35. The van der Waals surface area contributed by atoms with Crippen molar-refractivity contribution in [2.45, 2.75) is 13.5 Å². The van der Waals surface area contributed by atoms with Crippen LogP contribution in [-0.4, -0.2) is 15.0 Å². The van der Waals surface area contributed by atoms with Gasteiger partial charge in [-0.15, -0.1) is 5.10 Å². The van der Waals surface area contributed by atoms with E-state index in [4.69, 9.17) is 0 Å². The van der Waals surface area contributed by atoms with Crippen molar-refractivity contribution in [3.05, 3.63) is 22.4 Å². The molecule has 0 aliphatic carbocycles. The van der Waals surface area contributed by atoms with Crippen LogP contribution in [0.25, 0.3) is 11.0 Å². The van der Waals surface area contributed by atoms with E-state index in [9.17, 15) is 4.39 Å². The van der Waals surface area contributed by atoms with Gasteiger partial charge in [0.2, 0.25) is 0 Å². The molecule has 1 aromatic carbocycles. The highest BCUT2D eigenvalue weighted by Gasteiger charge is 2.08. The van der Waals surface area contributed by atoms with Gasteiger partial charge in [-0.1, -0.05) is 5.21 Å². The lowest BCUT2D eigenvalue weighted by atomic mass is 10.3. The maximum absolute atomic E-state index is 13.0. The highest BCUT2D eigenvalue weighted by atomic mass is 79.9. The van der Waals surface area contributed by atoms with Gasteiger partial charge in [0.05, 0.1) is 9.99 Å². The summed E-state index contributed by atoms with van der Waals surface area (Å²) >= 11 is 3.23. The number of halogens is 2. The number of fused-ring (bicyclic) bond motifs is 1. The fourth-order valence-electron chi connectivity index (χ4n) is 1.23. The average molecular weight is 244 g/mol. The Labute approximate surface area is 82.7 Å². The molecule has 0 unspecified atom stereocenters. The first-order valence-electron chi connectivity index (χ1n) is 3.90. The third-order valence-corrected chi connectivity index (χ3v) is 2.44. The normalized spacial score (nSPS) is 11.0. The maximum atomic E-state index is 13.0. The van der Waals surface area contributed by atoms with Crippen LogP contribution < -0.4 is 0 Å². The Hall–Kier alpha value is -0.970. The van der Waals surface area contributed by atoms with E-state index in [0.717, 1.165) is 5.52 Å². The molecular weight excluding hydrogens is 237 g/mol. The summed E-state index contributed by atoms with van der Waals surface area (Å²) < 4.78 is 15.3. The Balaban J connectivity index is 2.82. The summed E-state index contributed by atoms with van der Waals surface area (Å²) in [6.07, 6.45) is 0. The summed E-state index contributed by atoms with van der Waals surface area (Å²) in [5.41, 5.74) is 1.41. The molecule has 1 aromatic heterocycles. The van der Waals surface area contributed by atoms with Gasteiger partial charge in [-0.05, 0) is 28.9 Å². The third kappa shape index (κ3) is 1.33. The van der Waals surface area contributed by atoms with Gasteiger partial charge in [-0.2, -0.15) is 0 Å². The van der Waals surface area contributed by atoms with Gasteiger partial charge in [0.15, 0.2) is 0 Å². The van der Waals surface area contributed by atoms with Crippen molar-refractivity contribution in [3.63, 3.8) is 0 Å². The molecule has 0 spiro atoms. The Morgan fingerprint density at radius 3 is 3.00 bits per heavy atom. The van der Waals surface area contributed by atoms with Crippen LogP contribution in [0, 0.1) is 5.82 Å². The van der Waals surface area contributed by atoms with Crippen LogP contribution in [0.3, 0.4) is 0 Å². The number of hydrogen-bond donors (Lipinski definition) is 0. The number of aromatic nitrogens is 3. The molecule has 13 heavy (non-hydrogen) atoms. The second kappa shape index (κ2) is 3.06. The summed E-state index contributed by atoms with van der Waals surface area (Å²) in [5.74, 6) is -0.281. The van der Waals surface area contributed by atoms with Gasteiger partial charge in [-0.3, -0.25) is 0 Å². The van der Waals surface area contributed by atoms with Crippen molar-refractivity contribution in [1.29, 1.82) is 0 Å². The topological polar surface area (TPSA) is 30.7 Å². The van der Waals surface area contributed by atoms with Gasteiger partial charge < -0.3 is 0 Å². The molecule has 0 aliphatic heterocycles. The van der Waals surface area contributed by atoms with E-state index in [-0.39, 0.29) is 5.82 Å². The lowest BCUT2D eigenvalue weighted by molar-refractivity contribution is 0.621. The summed E-state index contributed by atoms with van der Waals surface area (Å²) in [7, 11) is 0. The van der Waals surface area contributed by atoms with Gasteiger partial charge >= 0.3 is 0 Å². The van der Waals surface area contributed by atoms with Crippen LogP contribution in [0.2, 0.25) is 0 Å². The van der Waals surface area contributed by atoms with Crippen molar-refractivity contribution in [2.75, 3.05) is 0 Å². The molecule has 0 radical (unpaired) electrons. The molecule has 0 aliphatic rings. The first kappa shape index (κ1) is 8.62. The fourth-order valence-corrected chi connectivity index (χ4v) is 1.73. The second-order valence-electron chi connectivity index (χ2n) is 2.66. The van der Waals surface area contributed by atoms with Crippen LogP contribution in [0.5, 0.6) is 0 Å². The van der Waals surface area contributed by atoms with Gasteiger partial charge in [-0.25, -0.2) is 9.07 Å². The first-order chi connectivity index (χ1) is 6.22. The van der Waals surface area contributed by atoms with E-state index in [1.807, 2.05) is 6.92 Å². The minimum atomic E-state index is -0.281. The monoisotopic (exact) mass is 243 g/mol. The Morgan fingerprint density at radius 2 is 2.31 bits per heavy atom. The van der Waals surface area contributed by atoms with Gasteiger partial charge in [0.1, 0.15) is 11.3 Å². The van der Waals surface area contributed by atoms with E-state index < -0.39 is 0 Å². The number of rotatable bonds is 1. The molecule has 0 N–H and O–H groups in total. The molecule has 5 heteroatoms. The molecule has 68 valence electrons. The van der Waals surface area contributed by atoms with Crippen LogP contribution in [0.1, 0.15) is 6.92 Å². The molecule has 2 rings (SSSR count). The standard InChI is InChI=1S/C8H7BrFN3/c1-2-13-7-4-5(10)3-6(9)8(7)11-12-13/h3-4H,2H2,1H3. The number of aryl methyl sites for hydroxylation is 1. The maximum Gasteiger partial charge on any atom is 0.127 e. The first-order valence-corrected chi connectivity index (χ1v) is 4.70. The quantitative estimate of drug-likeness (QED) is 0.770. The average Bonchev–Trinajstić information content (AvgIpc) is 2.47. The largest absolute Gasteiger partial charge is 0.245 e. The number of nitrogens with zero attached hydrogens (tertiary/aromatic N) is 3. The zero-order valence-corrected chi connectivity index (χ0v) is 8.55. The van der Waals surface area contributed by atoms with Crippen LogP contribution in [-0.2, 0) is 6.54 Å². The highest BCUT2D eigenvalue weighted by Crippen LogP contribution is 2.22. The van der Waals surface area contributed by atoms with Crippen LogP contribution >= 0.6 is 15.9 Å². The lowest BCUT2D eigenvalue weighted by Crippen LogP contribution is -1.95. The van der Waals surface area contributed by atoms with Crippen LogP contribution in [0.15, 0.2) is 16.6 Å². The smallest absolute Gasteiger partial charge is 0.127 e. The molecule has 0 amide bonds. The highest BCUT2D eigenvalue weighted by molar-refractivity contribution is 9.10. The SMILES string of the molecule is CCn1nnc2c(Br)cc(F)cc21. The molecule has 1 heterocycles. The van der Waals surface area contributed by atoms with Gasteiger partial charge in [0, 0.05) is 12.6 Å². The minimum Gasteiger partial charge on any atom is -0.245 e. The third-order valence-electron chi connectivity index (χ3n) is 1.84. The Kier molecular flexibility index (Phi) is 2.03. The zero-order chi connectivity index (χ0) is 9.42. The molecule has 0 atom stereocenters. The minimum absolute atomic E-state index is 0.281. The van der Waals surface area contributed by atoms with Crippen LogP contribution in [0.4, 0.5) is 4.39 Å². The Bertz CT molecular complexity index is 452. The van der Waals surface area contributed by atoms with E-state index >= 15 is 0 Å². The van der Waals surface area contributed by atoms with E-state index in [1.165, 1.54) is 12.1 Å². The molecule has 3 nitrogen and oxygen atoms in total. The van der Waals surface area contributed by atoms with Gasteiger partial charge in [0.25, 0.3) is 0 Å². The number of benzene rings is 1. The summed E-state index contributed by atoms with van der Waals surface area (Å²) in [6.45, 7) is 2.62. The van der Waals surface area contributed by atoms with Crippen molar-refractivity contribution in [1.82, 2.24) is 15.0 Å². The molecule has 2 aromatic rings. The van der Waals surface area contributed by atoms with Crippen molar-refractivity contribution in [2.24, 2.45) is 0 Å². The summed E-state index contributed by atoms with van der Waals surface area (Å²) in [4.78, 5) is 0. The molecule has 0 saturated heterocycles. The van der Waals surface area contributed by atoms with E-state index in [1.54, 1.807) is 4.68 Å². The van der Waals surface area contributed by atoms with Crippen molar-refractivity contribution in [3.8, 4) is 0 Å². The van der Waals surface area contributed by atoms with Crippen molar-refractivity contribution >= 4 is 27.0 Å². The zero-order valence-electron chi connectivity index (χ0n) is 6.96. The summed E-state index contributed by atoms with van der Waals surface area (Å²) in [6, 6.07) is 2.82. The van der Waals surface area contributed by atoms with Crippen molar-refractivity contribution < 1.29 is 4.39 Å². The molecular formula is C8H7BrFN3. The number of hydrogen-bond acceptors (Lipinski definition) is 2. The molecule has 0 saturated carbocycles. The molecule has 0 bridgehead atoms. The molecule has 0 fully saturated rings. The fraction of sp³-hybridized carbons (Fsp3) is 0.250. The summed E-state index contributed by atoms with van der Waals surface area (Å²) in [5, 5.41) is 7.82. The lowest BCUT2D eigenvalue weighted by Gasteiger charge is -1.97. The predicted molar refractivity (Wildman–Crippen MR) is 50.9 cm³/mol. The Morgan fingerprint density at radius 1 is 1.54 bits per heavy atom. The van der Waals surface area contributed by atoms with E-state index in [2.05, 4.69) is 26.2 Å². The second-order valence-corrected chi connectivity index (χ2v) is 3.51.